The number of azo groups is 3. The molecular weight excluding hydrogens is 828 g/mol. The summed E-state index contributed by atoms with van der Waals surface area (Å²) in [4.78, 5) is 28.3. The molecule has 5 aromatic carbocycles. The van der Waals surface area contributed by atoms with Crippen molar-refractivity contribution in [2.24, 2.45) is 30.7 Å². The third-order valence-corrected chi connectivity index (χ3v) is 8.73. The van der Waals surface area contributed by atoms with Crippen LogP contribution < -0.4 is 69.3 Å². The monoisotopic (exact) mass is 843 g/mol. The predicted molar refractivity (Wildman–Crippen MR) is 178 cm³/mol. The molecule has 5 rings (SSSR count). The Labute approximate surface area is 360 Å². The second kappa shape index (κ2) is 17.7. The van der Waals surface area contributed by atoms with Gasteiger partial charge in [0.2, 0.25) is 0 Å². The van der Waals surface area contributed by atoms with Crippen LogP contribution in [0.5, 0.6) is 23.0 Å². The number of benzene rings is 5. The van der Waals surface area contributed by atoms with Gasteiger partial charge in [0.05, 0.1) is 53.9 Å². The van der Waals surface area contributed by atoms with Gasteiger partial charge in [0.15, 0.2) is 5.75 Å². The second-order valence-corrected chi connectivity index (χ2v) is 13.4. The zero-order chi connectivity index (χ0) is 40.6. The maximum absolute atomic E-state index is 12.5. The Morgan fingerprint density at radius 3 is 1.72 bits per heavy atom. The van der Waals surface area contributed by atoms with E-state index in [1.807, 2.05) is 0 Å². The van der Waals surface area contributed by atoms with Crippen LogP contribution in [-0.2, 0) is 20.2 Å². The normalized spacial score (nSPS) is 11.8. The van der Waals surface area contributed by atoms with Gasteiger partial charge in [0.1, 0.15) is 22.0 Å². The Morgan fingerprint density at radius 1 is 0.579 bits per heavy atom. The second-order valence-electron chi connectivity index (χ2n) is 10.6. The number of non-ortho nitro benzene ring substituents is 2. The van der Waals surface area contributed by atoms with Crippen LogP contribution in [0, 0.1) is 30.3 Å². The molecule has 0 atom stereocenters. The van der Waals surface area contributed by atoms with E-state index >= 15 is 0 Å². The molecule has 0 saturated carbocycles. The minimum atomic E-state index is -5.28. The number of phenolic OH excluding ortho intramolecular Hbond substituents is 2. The zero-order valence-corrected chi connectivity index (χ0v) is 34.0. The first kappa shape index (κ1) is 45.8. The molecule has 0 amide bonds. The van der Waals surface area contributed by atoms with Crippen LogP contribution in [0.15, 0.2) is 107 Å². The van der Waals surface area contributed by atoms with Gasteiger partial charge < -0.3 is 20.4 Å². The summed E-state index contributed by atoms with van der Waals surface area (Å²) in [6.45, 7) is 0. The van der Waals surface area contributed by atoms with E-state index in [1.54, 1.807) is 0 Å². The molecule has 0 aliphatic carbocycles. The molecule has 0 fully saturated rings. The molecule has 25 nitrogen and oxygen atoms in total. The van der Waals surface area contributed by atoms with E-state index in [4.69, 9.17) is 0 Å². The maximum atomic E-state index is 12.5. The summed E-state index contributed by atoms with van der Waals surface area (Å²) in [5.41, 5.74) is -6.54. The average Bonchev–Trinajstić information content (AvgIpc) is 3.09. The van der Waals surface area contributed by atoms with E-state index in [9.17, 15) is 76.7 Å². The SMILES string of the molecule is O=[N+]([O-])c1ccc(N=Nc2c(S(=O)(=O)O)cc3cc(S(=O)(=O)O)cc(N=Nc4cc(N=Nc5cc([N+](=O)[O-])cc([N+](=O)[O-])c5[O-])c([O-])cc4O)c3c2O)cc1.[Na+].[Na+]. The van der Waals surface area contributed by atoms with Crippen molar-refractivity contribution in [1.29, 1.82) is 0 Å². The minimum Gasteiger partial charge on any atom is -0.871 e. The van der Waals surface area contributed by atoms with Gasteiger partial charge in [-0.25, -0.2) is 0 Å². The van der Waals surface area contributed by atoms with Crippen LogP contribution in [0.4, 0.5) is 51.2 Å². The van der Waals surface area contributed by atoms with Crippen molar-refractivity contribution in [1.82, 2.24) is 0 Å². The third-order valence-electron chi connectivity index (χ3n) is 7.03. The molecular formula is C28H15N9Na2O16S2. The van der Waals surface area contributed by atoms with Gasteiger partial charge >= 0.3 is 59.1 Å². The van der Waals surface area contributed by atoms with Gasteiger partial charge in [-0.2, -0.15) is 32.2 Å². The van der Waals surface area contributed by atoms with Gasteiger partial charge in [0.25, 0.3) is 37.3 Å². The van der Waals surface area contributed by atoms with Crippen LogP contribution in [0.25, 0.3) is 10.8 Å². The zero-order valence-electron chi connectivity index (χ0n) is 28.4. The topological polar surface area (TPSA) is 399 Å². The Kier molecular flexibility index (Phi) is 14.2. The summed E-state index contributed by atoms with van der Waals surface area (Å²) in [7, 11) is -10.4. The van der Waals surface area contributed by atoms with Crippen LogP contribution in [-0.4, -0.2) is 50.9 Å². The van der Waals surface area contributed by atoms with Gasteiger partial charge in [-0.05, 0) is 47.9 Å². The van der Waals surface area contributed by atoms with Crippen molar-refractivity contribution < 1.29 is 120 Å². The smallest absolute Gasteiger partial charge is 0.871 e. The first-order valence-corrected chi connectivity index (χ1v) is 17.0. The standard InChI is InChI=1S/C28H17N9O16S2.2Na/c38-22-11-23(39)18(31-33-20-7-15(36(44)45)8-21(27(20)40)37(46)47)10-17(22)30-32-19-9-16(54(48,49)50)5-12-6-24(55(51,52)53)26(28(41)25(12)19)34-29-13-1-3-14(4-2-13)35(42)43;;/h1-11,38-41H,(H,48,49,50)(H,51,52,53);;/q;2*+1/p-2. The van der Waals surface area contributed by atoms with E-state index in [1.165, 1.54) is 0 Å². The molecule has 29 heteroatoms. The van der Waals surface area contributed by atoms with Crippen molar-refractivity contribution in [3.63, 3.8) is 0 Å². The predicted octanol–water partition coefficient (Wildman–Crippen LogP) is -0.130. The number of rotatable bonds is 11. The molecule has 57 heavy (non-hydrogen) atoms. The molecule has 5 aromatic rings. The van der Waals surface area contributed by atoms with Crippen LogP contribution in [0.3, 0.4) is 0 Å². The van der Waals surface area contributed by atoms with E-state index in [-0.39, 0.29) is 70.5 Å². The van der Waals surface area contributed by atoms with Crippen molar-refractivity contribution >= 4 is 82.2 Å². The molecule has 0 unspecified atom stereocenters. The molecule has 0 heterocycles. The van der Waals surface area contributed by atoms with Crippen molar-refractivity contribution in [2.45, 2.75) is 9.79 Å². The summed E-state index contributed by atoms with van der Waals surface area (Å²) in [6.07, 6.45) is 0. The van der Waals surface area contributed by atoms with Crippen LogP contribution in [0.1, 0.15) is 0 Å². The largest absolute Gasteiger partial charge is 1.00 e. The minimum absolute atomic E-state index is 0. The maximum Gasteiger partial charge on any atom is 1.00 e. The molecule has 0 aromatic heterocycles. The molecule has 4 N–H and O–H groups in total. The number of hydrogen-bond acceptors (Lipinski definition) is 20. The van der Waals surface area contributed by atoms with E-state index in [2.05, 4.69) is 30.7 Å². The number of hydrogen-bond donors (Lipinski definition) is 4. The van der Waals surface area contributed by atoms with Crippen molar-refractivity contribution in [2.75, 3.05) is 0 Å². The van der Waals surface area contributed by atoms with Crippen molar-refractivity contribution in [3.05, 3.63) is 97.1 Å². The van der Waals surface area contributed by atoms with Gasteiger partial charge in [-0.1, -0.05) is 5.75 Å². The Balaban J connectivity index is 0.00000435. The fraction of sp³-hybridized carbons (Fsp3) is 0. The summed E-state index contributed by atoms with van der Waals surface area (Å²) >= 11 is 0. The van der Waals surface area contributed by atoms with Crippen molar-refractivity contribution in [3.8, 4) is 23.0 Å². The number of nitrogens with zero attached hydrogens (tertiary/aromatic N) is 9. The summed E-state index contributed by atoms with van der Waals surface area (Å²) in [5, 5.41) is 101. The van der Waals surface area contributed by atoms with Gasteiger partial charge in [-0.3, -0.25) is 39.4 Å². The molecule has 0 aliphatic rings. The number of aromatic hydroxyl groups is 2. The van der Waals surface area contributed by atoms with E-state index in [0.717, 1.165) is 24.3 Å². The Hall–Kier alpha value is -5.62. The third kappa shape index (κ3) is 10.2. The first-order chi connectivity index (χ1) is 25.6. The van der Waals surface area contributed by atoms with Crippen LogP contribution >= 0.6 is 0 Å². The molecule has 0 aliphatic heterocycles. The fourth-order valence-corrected chi connectivity index (χ4v) is 5.72. The van der Waals surface area contributed by atoms with Crippen LogP contribution in [0.2, 0.25) is 0 Å². The molecule has 0 bridgehead atoms. The molecule has 282 valence electrons. The number of fused-ring (bicyclic) bond motifs is 1. The summed E-state index contributed by atoms with van der Waals surface area (Å²) in [6, 6.07) is 8.28. The van der Waals surface area contributed by atoms with E-state index < -0.39 is 118 Å². The first-order valence-electron chi connectivity index (χ1n) is 14.1. The molecule has 0 radical (unpaired) electrons. The quantitative estimate of drug-likeness (QED) is 0.0442. The van der Waals surface area contributed by atoms with Gasteiger partial charge in [0, 0.05) is 23.9 Å². The number of phenols is 2. The Morgan fingerprint density at radius 2 is 1.16 bits per heavy atom. The van der Waals surface area contributed by atoms with Gasteiger partial charge in [-0.15, -0.1) is 15.3 Å². The number of nitro benzene ring substituents is 3. The Bertz CT molecular complexity index is 2810. The molecule has 0 saturated heterocycles. The fourth-order valence-electron chi connectivity index (χ4n) is 4.53. The molecule has 0 spiro atoms. The summed E-state index contributed by atoms with van der Waals surface area (Å²) < 4.78 is 68.5. The average molecular weight is 844 g/mol. The summed E-state index contributed by atoms with van der Waals surface area (Å²) in [5.74, 6) is -4.53. The number of nitro groups is 3. The van der Waals surface area contributed by atoms with E-state index in [0.29, 0.717) is 42.5 Å².